The van der Waals surface area contributed by atoms with Gasteiger partial charge in [0.15, 0.2) is 0 Å². The van der Waals surface area contributed by atoms with Crippen LogP contribution in [0.2, 0.25) is 0 Å². The van der Waals surface area contributed by atoms with E-state index in [1.807, 2.05) is 17.0 Å². The topological polar surface area (TPSA) is 62.0 Å². The predicted molar refractivity (Wildman–Crippen MR) is 99.6 cm³/mol. The highest BCUT2D eigenvalue weighted by atomic mass is 16.5. The zero-order chi connectivity index (χ0) is 17.8. The van der Waals surface area contributed by atoms with Gasteiger partial charge in [-0.15, -0.1) is 0 Å². The predicted octanol–water partition coefficient (Wildman–Crippen LogP) is 1.14. The fourth-order valence-corrected chi connectivity index (χ4v) is 3.60. The number of hydrogen-bond donors (Lipinski definition) is 1. The van der Waals surface area contributed by atoms with Crippen molar-refractivity contribution in [2.75, 3.05) is 58.2 Å². The number of carbonyl (C=O) groups excluding carboxylic acids is 1. The van der Waals surface area contributed by atoms with E-state index in [1.165, 1.54) is 0 Å². The van der Waals surface area contributed by atoms with Crippen molar-refractivity contribution in [2.45, 2.75) is 26.0 Å². The lowest BCUT2D eigenvalue weighted by molar-refractivity contribution is -0.0555. The molecule has 0 saturated carbocycles. The summed E-state index contributed by atoms with van der Waals surface area (Å²) in [5, 5.41) is 0. The molecule has 0 bridgehead atoms. The fourth-order valence-electron chi connectivity index (χ4n) is 3.60. The van der Waals surface area contributed by atoms with Crippen LogP contribution in [0.4, 0.5) is 5.69 Å². The Morgan fingerprint density at radius 2 is 2.00 bits per heavy atom. The number of ether oxygens (including phenoxy) is 1. The van der Waals surface area contributed by atoms with Crippen molar-refractivity contribution in [1.82, 2.24) is 14.7 Å². The molecule has 25 heavy (non-hydrogen) atoms. The van der Waals surface area contributed by atoms with Gasteiger partial charge in [0.2, 0.25) is 0 Å². The second kappa shape index (κ2) is 8.17. The summed E-state index contributed by atoms with van der Waals surface area (Å²) in [6.45, 7) is 11.6. The van der Waals surface area contributed by atoms with Crippen LogP contribution in [0.3, 0.4) is 0 Å². The lowest BCUT2D eigenvalue weighted by Gasteiger charge is -2.40. The van der Waals surface area contributed by atoms with Crippen molar-refractivity contribution in [3.05, 3.63) is 29.8 Å². The molecule has 6 heteroatoms. The van der Waals surface area contributed by atoms with Crippen molar-refractivity contribution in [1.29, 1.82) is 0 Å². The molecule has 0 spiro atoms. The van der Waals surface area contributed by atoms with Crippen LogP contribution in [-0.4, -0.2) is 85.2 Å². The van der Waals surface area contributed by atoms with Gasteiger partial charge in [0.25, 0.3) is 5.91 Å². The molecule has 0 radical (unpaired) electrons. The number of amides is 1. The number of nitrogens with zero attached hydrogens (tertiary/aromatic N) is 3. The Morgan fingerprint density at radius 3 is 2.68 bits per heavy atom. The third kappa shape index (κ3) is 4.71. The normalized spacial score (nSPS) is 23.2. The number of rotatable bonds is 4. The summed E-state index contributed by atoms with van der Waals surface area (Å²) >= 11 is 0. The van der Waals surface area contributed by atoms with Crippen LogP contribution >= 0.6 is 0 Å². The first kappa shape index (κ1) is 18.2. The molecule has 1 aromatic rings. The van der Waals surface area contributed by atoms with E-state index in [1.54, 1.807) is 12.1 Å². The van der Waals surface area contributed by atoms with Gasteiger partial charge >= 0.3 is 0 Å². The Bertz CT molecular complexity index is 585. The molecule has 2 N–H and O–H groups in total. The largest absolute Gasteiger partial charge is 0.399 e. The molecule has 0 aliphatic carbocycles. The maximum Gasteiger partial charge on any atom is 0.254 e. The van der Waals surface area contributed by atoms with Crippen molar-refractivity contribution in [2.24, 2.45) is 0 Å². The van der Waals surface area contributed by atoms with E-state index in [-0.39, 0.29) is 12.0 Å². The summed E-state index contributed by atoms with van der Waals surface area (Å²) in [4.78, 5) is 19.4. The van der Waals surface area contributed by atoms with Gasteiger partial charge in [-0.25, -0.2) is 0 Å². The third-order valence-corrected chi connectivity index (χ3v) is 5.16. The maximum absolute atomic E-state index is 12.6. The standard InChI is InChI=1S/C19H30N4O2/c1-15(2)23-10-11-25-18(14-23)13-21-6-8-22(9-7-21)19(24)16-4-3-5-17(20)12-16/h3-5,12,15,18H,6-11,13-14,20H2,1-2H3. The van der Waals surface area contributed by atoms with Gasteiger partial charge in [-0.1, -0.05) is 6.07 Å². The Kier molecular flexibility index (Phi) is 5.93. The smallest absolute Gasteiger partial charge is 0.254 e. The minimum absolute atomic E-state index is 0.0758. The molecule has 1 aromatic carbocycles. The highest BCUT2D eigenvalue weighted by Gasteiger charge is 2.27. The van der Waals surface area contributed by atoms with E-state index in [0.717, 1.165) is 52.4 Å². The molecule has 2 heterocycles. The van der Waals surface area contributed by atoms with Gasteiger partial charge in [-0.05, 0) is 32.0 Å². The number of benzene rings is 1. The maximum atomic E-state index is 12.6. The number of nitrogen functional groups attached to an aromatic ring is 1. The van der Waals surface area contributed by atoms with E-state index in [0.29, 0.717) is 17.3 Å². The minimum atomic E-state index is 0.0758. The lowest BCUT2D eigenvalue weighted by atomic mass is 10.1. The Morgan fingerprint density at radius 1 is 1.24 bits per heavy atom. The Hall–Kier alpha value is -1.63. The van der Waals surface area contributed by atoms with Crippen molar-refractivity contribution in [3.8, 4) is 0 Å². The second-order valence-electron chi connectivity index (χ2n) is 7.30. The molecule has 2 aliphatic rings. The van der Waals surface area contributed by atoms with Gasteiger partial charge in [0, 0.05) is 63.1 Å². The molecule has 0 aromatic heterocycles. The van der Waals surface area contributed by atoms with Crippen LogP contribution in [0.15, 0.2) is 24.3 Å². The first-order chi connectivity index (χ1) is 12.0. The van der Waals surface area contributed by atoms with Crippen LogP contribution in [0.1, 0.15) is 24.2 Å². The molecule has 2 fully saturated rings. The molecule has 2 saturated heterocycles. The quantitative estimate of drug-likeness (QED) is 0.829. The molecule has 3 rings (SSSR count). The highest BCUT2D eigenvalue weighted by molar-refractivity contribution is 5.95. The van der Waals surface area contributed by atoms with E-state index in [9.17, 15) is 4.79 Å². The molecular formula is C19H30N4O2. The van der Waals surface area contributed by atoms with Crippen LogP contribution in [0.5, 0.6) is 0 Å². The van der Waals surface area contributed by atoms with E-state index in [2.05, 4.69) is 23.6 Å². The second-order valence-corrected chi connectivity index (χ2v) is 7.30. The summed E-state index contributed by atoms with van der Waals surface area (Å²) < 4.78 is 5.94. The monoisotopic (exact) mass is 346 g/mol. The summed E-state index contributed by atoms with van der Waals surface area (Å²) in [7, 11) is 0. The van der Waals surface area contributed by atoms with Gasteiger partial charge in [-0.3, -0.25) is 14.6 Å². The summed E-state index contributed by atoms with van der Waals surface area (Å²) in [5.41, 5.74) is 7.10. The molecule has 1 atom stereocenters. The zero-order valence-corrected chi connectivity index (χ0v) is 15.4. The summed E-state index contributed by atoms with van der Waals surface area (Å²) in [5.74, 6) is 0.0758. The van der Waals surface area contributed by atoms with E-state index >= 15 is 0 Å². The highest BCUT2D eigenvalue weighted by Crippen LogP contribution is 2.14. The number of carbonyl (C=O) groups is 1. The molecular weight excluding hydrogens is 316 g/mol. The number of morpholine rings is 1. The molecule has 1 amide bonds. The molecule has 1 unspecified atom stereocenters. The van der Waals surface area contributed by atoms with Crippen molar-refractivity contribution < 1.29 is 9.53 Å². The number of piperazine rings is 1. The third-order valence-electron chi connectivity index (χ3n) is 5.16. The van der Waals surface area contributed by atoms with Gasteiger partial charge in [-0.2, -0.15) is 0 Å². The van der Waals surface area contributed by atoms with Crippen LogP contribution in [0.25, 0.3) is 0 Å². The van der Waals surface area contributed by atoms with Crippen LogP contribution in [-0.2, 0) is 4.74 Å². The van der Waals surface area contributed by atoms with E-state index in [4.69, 9.17) is 10.5 Å². The fraction of sp³-hybridized carbons (Fsp3) is 0.632. The Labute approximate surface area is 150 Å². The average Bonchev–Trinajstić information content (AvgIpc) is 2.62. The van der Waals surface area contributed by atoms with Gasteiger partial charge in [0.1, 0.15) is 0 Å². The first-order valence-electron chi connectivity index (χ1n) is 9.26. The van der Waals surface area contributed by atoms with Gasteiger partial charge in [0.05, 0.1) is 12.7 Å². The lowest BCUT2D eigenvalue weighted by Crippen LogP contribution is -2.54. The average molecular weight is 346 g/mol. The number of hydrogen-bond acceptors (Lipinski definition) is 5. The number of nitrogens with two attached hydrogens (primary N) is 1. The van der Waals surface area contributed by atoms with E-state index < -0.39 is 0 Å². The number of anilines is 1. The van der Waals surface area contributed by atoms with Crippen LogP contribution < -0.4 is 5.73 Å². The van der Waals surface area contributed by atoms with Gasteiger partial charge < -0.3 is 15.4 Å². The molecule has 6 nitrogen and oxygen atoms in total. The zero-order valence-electron chi connectivity index (χ0n) is 15.4. The van der Waals surface area contributed by atoms with Crippen LogP contribution in [0, 0.1) is 0 Å². The Balaban J connectivity index is 1.48. The van der Waals surface area contributed by atoms with Crippen molar-refractivity contribution in [3.63, 3.8) is 0 Å². The SMILES string of the molecule is CC(C)N1CCOC(CN2CCN(C(=O)c3cccc(N)c3)CC2)C1. The van der Waals surface area contributed by atoms with Crippen molar-refractivity contribution >= 4 is 11.6 Å². The first-order valence-corrected chi connectivity index (χ1v) is 9.26. The molecule has 138 valence electrons. The minimum Gasteiger partial charge on any atom is -0.399 e. The molecule has 2 aliphatic heterocycles. The summed E-state index contributed by atoms with van der Waals surface area (Å²) in [6.07, 6.45) is 0.271. The summed E-state index contributed by atoms with van der Waals surface area (Å²) in [6, 6.07) is 7.80.